The standard InChI is InChI=1S/C6H5BrCl2/c7-6-4(8)2-1-3-5(6)9/h2H,1,3H2. The summed E-state index contributed by atoms with van der Waals surface area (Å²) >= 11 is 14.8. The predicted molar refractivity (Wildman–Crippen MR) is 45.0 cm³/mol. The van der Waals surface area contributed by atoms with Gasteiger partial charge < -0.3 is 0 Å². The summed E-state index contributed by atoms with van der Waals surface area (Å²) in [6.07, 6.45) is 3.81. The van der Waals surface area contributed by atoms with Crippen LogP contribution in [0.5, 0.6) is 0 Å². The number of rotatable bonds is 0. The first-order valence-electron chi connectivity index (χ1n) is 2.62. The topological polar surface area (TPSA) is 0 Å². The van der Waals surface area contributed by atoms with Crippen molar-refractivity contribution in [1.29, 1.82) is 0 Å². The molecule has 0 atom stereocenters. The second-order valence-electron chi connectivity index (χ2n) is 1.81. The number of hydrogen-bond acceptors (Lipinski definition) is 0. The number of allylic oxidation sites excluding steroid dienone is 4. The van der Waals surface area contributed by atoms with Crippen LogP contribution in [-0.2, 0) is 0 Å². The van der Waals surface area contributed by atoms with Crippen molar-refractivity contribution in [2.45, 2.75) is 12.8 Å². The van der Waals surface area contributed by atoms with Crippen molar-refractivity contribution >= 4 is 39.1 Å². The monoisotopic (exact) mass is 226 g/mol. The Morgan fingerprint density at radius 3 is 2.56 bits per heavy atom. The smallest absolute Gasteiger partial charge is 0.0520 e. The molecule has 0 spiro atoms. The highest BCUT2D eigenvalue weighted by Gasteiger charge is 2.08. The molecule has 0 saturated heterocycles. The van der Waals surface area contributed by atoms with Crippen LogP contribution in [0.15, 0.2) is 20.6 Å². The van der Waals surface area contributed by atoms with Crippen LogP contribution in [0.3, 0.4) is 0 Å². The van der Waals surface area contributed by atoms with Gasteiger partial charge in [0.15, 0.2) is 0 Å². The van der Waals surface area contributed by atoms with Crippen molar-refractivity contribution in [3.8, 4) is 0 Å². The Morgan fingerprint density at radius 1 is 1.44 bits per heavy atom. The Labute approximate surface area is 72.7 Å². The van der Waals surface area contributed by atoms with Crippen LogP contribution >= 0.6 is 39.1 Å². The van der Waals surface area contributed by atoms with Gasteiger partial charge >= 0.3 is 0 Å². The van der Waals surface area contributed by atoms with E-state index in [1.165, 1.54) is 0 Å². The van der Waals surface area contributed by atoms with Crippen LogP contribution in [0.4, 0.5) is 0 Å². The lowest BCUT2D eigenvalue weighted by molar-refractivity contribution is 1.01. The summed E-state index contributed by atoms with van der Waals surface area (Å²) < 4.78 is 0.845. The SMILES string of the molecule is ClC1=CCCC(Cl)=C1Br. The summed E-state index contributed by atoms with van der Waals surface area (Å²) in [5.74, 6) is 0. The zero-order chi connectivity index (χ0) is 6.85. The predicted octanol–water partition coefficient (Wildman–Crippen LogP) is 3.75. The van der Waals surface area contributed by atoms with E-state index >= 15 is 0 Å². The van der Waals surface area contributed by atoms with Gasteiger partial charge in [-0.1, -0.05) is 29.3 Å². The summed E-state index contributed by atoms with van der Waals surface area (Å²) in [5.41, 5.74) is 0. The Bertz CT molecular complexity index is 181. The van der Waals surface area contributed by atoms with Crippen LogP contribution in [0.2, 0.25) is 0 Å². The Hall–Kier alpha value is 0.540. The van der Waals surface area contributed by atoms with E-state index in [1.807, 2.05) is 6.08 Å². The second-order valence-corrected chi connectivity index (χ2v) is 3.47. The molecule has 0 radical (unpaired) electrons. The molecule has 0 fully saturated rings. The molecular weight excluding hydrogens is 223 g/mol. The van der Waals surface area contributed by atoms with Gasteiger partial charge in [0.2, 0.25) is 0 Å². The molecular formula is C6H5BrCl2. The molecule has 0 bridgehead atoms. The zero-order valence-corrected chi connectivity index (χ0v) is 7.72. The van der Waals surface area contributed by atoms with Gasteiger partial charge in [-0.3, -0.25) is 0 Å². The van der Waals surface area contributed by atoms with Crippen molar-refractivity contribution in [2.24, 2.45) is 0 Å². The van der Waals surface area contributed by atoms with Gasteiger partial charge in [0.25, 0.3) is 0 Å². The molecule has 9 heavy (non-hydrogen) atoms. The second kappa shape index (κ2) is 3.09. The maximum Gasteiger partial charge on any atom is 0.0520 e. The zero-order valence-electron chi connectivity index (χ0n) is 4.63. The van der Waals surface area contributed by atoms with E-state index in [9.17, 15) is 0 Å². The highest BCUT2D eigenvalue weighted by atomic mass is 79.9. The fraction of sp³-hybridized carbons (Fsp3) is 0.333. The van der Waals surface area contributed by atoms with Gasteiger partial charge in [-0.05, 0) is 28.8 Å². The molecule has 0 aromatic carbocycles. The lowest BCUT2D eigenvalue weighted by Gasteiger charge is -2.06. The van der Waals surface area contributed by atoms with E-state index in [4.69, 9.17) is 23.2 Å². The first-order valence-corrected chi connectivity index (χ1v) is 4.17. The molecule has 0 saturated carbocycles. The molecule has 0 N–H and O–H groups in total. The van der Waals surface area contributed by atoms with Crippen molar-refractivity contribution < 1.29 is 0 Å². The molecule has 1 aliphatic carbocycles. The first kappa shape index (κ1) is 7.64. The van der Waals surface area contributed by atoms with Crippen LogP contribution in [0.1, 0.15) is 12.8 Å². The van der Waals surface area contributed by atoms with Crippen molar-refractivity contribution in [3.05, 3.63) is 20.6 Å². The van der Waals surface area contributed by atoms with Gasteiger partial charge in [-0.2, -0.15) is 0 Å². The molecule has 0 aromatic rings. The average Bonchev–Trinajstić information content (AvgIpc) is 1.83. The largest absolute Gasteiger partial charge is 0.0879 e. The molecule has 0 nitrogen and oxygen atoms in total. The molecule has 50 valence electrons. The van der Waals surface area contributed by atoms with Crippen molar-refractivity contribution in [3.63, 3.8) is 0 Å². The molecule has 1 rings (SSSR count). The van der Waals surface area contributed by atoms with Gasteiger partial charge in [0, 0.05) is 5.03 Å². The van der Waals surface area contributed by atoms with E-state index in [2.05, 4.69) is 15.9 Å². The average molecular weight is 228 g/mol. The Kier molecular flexibility index (Phi) is 2.62. The van der Waals surface area contributed by atoms with Crippen molar-refractivity contribution in [2.75, 3.05) is 0 Å². The van der Waals surface area contributed by atoms with Crippen LogP contribution in [0.25, 0.3) is 0 Å². The minimum Gasteiger partial charge on any atom is -0.0879 e. The molecule has 0 heterocycles. The van der Waals surface area contributed by atoms with Gasteiger partial charge in [-0.15, -0.1) is 0 Å². The minimum atomic E-state index is 0.728. The molecule has 0 amide bonds. The van der Waals surface area contributed by atoms with E-state index < -0.39 is 0 Å². The normalized spacial score (nSPS) is 20.1. The minimum absolute atomic E-state index is 0.728. The van der Waals surface area contributed by atoms with Crippen LogP contribution in [0, 0.1) is 0 Å². The molecule has 3 heteroatoms. The molecule has 0 unspecified atom stereocenters. The Balaban J connectivity index is 2.88. The first-order chi connectivity index (χ1) is 4.22. The van der Waals surface area contributed by atoms with E-state index in [0.717, 1.165) is 27.4 Å². The highest BCUT2D eigenvalue weighted by Crippen LogP contribution is 2.33. The maximum absolute atomic E-state index is 5.77. The van der Waals surface area contributed by atoms with Crippen LogP contribution < -0.4 is 0 Å². The quantitative estimate of drug-likeness (QED) is 0.592. The third-order valence-electron chi connectivity index (χ3n) is 1.14. The fourth-order valence-corrected chi connectivity index (χ4v) is 1.50. The van der Waals surface area contributed by atoms with Crippen molar-refractivity contribution in [1.82, 2.24) is 0 Å². The maximum atomic E-state index is 5.77. The lowest BCUT2D eigenvalue weighted by Crippen LogP contribution is -1.86. The highest BCUT2D eigenvalue weighted by molar-refractivity contribution is 9.12. The van der Waals surface area contributed by atoms with Gasteiger partial charge in [0.05, 0.1) is 9.51 Å². The summed E-state index contributed by atoms with van der Waals surface area (Å²) in [4.78, 5) is 0. The summed E-state index contributed by atoms with van der Waals surface area (Å²) in [6, 6.07) is 0. The van der Waals surface area contributed by atoms with E-state index in [0.29, 0.717) is 0 Å². The molecule has 0 aliphatic heterocycles. The third-order valence-corrected chi connectivity index (χ3v) is 3.22. The number of hydrogen-bond donors (Lipinski definition) is 0. The summed E-state index contributed by atoms with van der Waals surface area (Å²) in [7, 11) is 0. The molecule has 0 aromatic heterocycles. The Morgan fingerprint density at radius 2 is 2.11 bits per heavy atom. The van der Waals surface area contributed by atoms with E-state index in [1.54, 1.807) is 0 Å². The van der Waals surface area contributed by atoms with Gasteiger partial charge in [0.1, 0.15) is 0 Å². The van der Waals surface area contributed by atoms with E-state index in [-0.39, 0.29) is 0 Å². The fourth-order valence-electron chi connectivity index (χ4n) is 0.655. The van der Waals surface area contributed by atoms with Gasteiger partial charge in [-0.25, -0.2) is 0 Å². The van der Waals surface area contributed by atoms with Crippen LogP contribution in [-0.4, -0.2) is 0 Å². The number of halogens is 3. The summed E-state index contributed by atoms with van der Waals surface area (Å²) in [6.45, 7) is 0. The third kappa shape index (κ3) is 1.73. The summed E-state index contributed by atoms with van der Waals surface area (Å²) in [5, 5.41) is 1.55. The lowest BCUT2D eigenvalue weighted by atomic mass is 10.2. The molecule has 1 aliphatic rings.